The van der Waals surface area contributed by atoms with Crippen molar-refractivity contribution in [1.29, 1.82) is 0 Å². The number of benzene rings is 1. The molecule has 1 atom stereocenters. The second kappa shape index (κ2) is 6.59. The Labute approximate surface area is 131 Å². The van der Waals surface area contributed by atoms with Gasteiger partial charge in [0.05, 0.1) is 12.7 Å². The molecule has 3 nitrogen and oxygen atoms in total. The van der Waals surface area contributed by atoms with Crippen molar-refractivity contribution in [2.75, 3.05) is 25.2 Å². The zero-order chi connectivity index (χ0) is 14.7. The summed E-state index contributed by atoms with van der Waals surface area (Å²) in [6.45, 7) is 0.734. The van der Waals surface area contributed by atoms with Crippen LogP contribution in [0.5, 0.6) is 5.75 Å². The van der Waals surface area contributed by atoms with Crippen molar-refractivity contribution in [1.82, 2.24) is 5.32 Å². The highest BCUT2D eigenvalue weighted by atomic mass is 32.2. The summed E-state index contributed by atoms with van der Waals surface area (Å²) >= 11 is 1.95. The number of nitrogens with one attached hydrogen (secondary N) is 1. The highest BCUT2D eigenvalue weighted by molar-refractivity contribution is 7.99. The van der Waals surface area contributed by atoms with Crippen LogP contribution in [0.2, 0.25) is 0 Å². The predicted molar refractivity (Wildman–Crippen MR) is 88.3 cm³/mol. The lowest BCUT2D eigenvalue weighted by Gasteiger charge is -2.35. The largest absolute Gasteiger partial charge is 0.497 e. The number of thioether (sulfide) groups is 1. The fraction of sp³-hybridized carbons (Fsp3) is 0.647. The number of aliphatic hydroxyl groups is 1. The van der Waals surface area contributed by atoms with E-state index >= 15 is 0 Å². The first kappa shape index (κ1) is 15.2. The van der Waals surface area contributed by atoms with Crippen molar-refractivity contribution in [3.05, 3.63) is 29.3 Å². The standard InChI is InChI=1S/C17H25NO2S/c1-20-16-5-3-13-2-4-15(10-14(13)11-16)18-12-17(19)6-8-21-9-7-17/h3,5,11,15,18-19H,2,4,6-10,12H2,1H3. The number of fused-ring (bicyclic) bond motifs is 1. The van der Waals surface area contributed by atoms with E-state index in [9.17, 15) is 5.11 Å². The van der Waals surface area contributed by atoms with Crippen molar-refractivity contribution in [3.63, 3.8) is 0 Å². The van der Waals surface area contributed by atoms with E-state index < -0.39 is 5.60 Å². The number of methoxy groups -OCH3 is 1. The summed E-state index contributed by atoms with van der Waals surface area (Å²) in [5.74, 6) is 3.11. The van der Waals surface area contributed by atoms with Gasteiger partial charge in [0.1, 0.15) is 5.75 Å². The number of hydrogen-bond acceptors (Lipinski definition) is 4. The van der Waals surface area contributed by atoms with Crippen LogP contribution in [0.3, 0.4) is 0 Å². The van der Waals surface area contributed by atoms with Crippen LogP contribution in [0.15, 0.2) is 18.2 Å². The Bertz CT molecular complexity index is 486. The fourth-order valence-corrected chi connectivity index (χ4v) is 4.55. The van der Waals surface area contributed by atoms with E-state index in [1.165, 1.54) is 11.1 Å². The molecule has 0 saturated carbocycles. The first-order chi connectivity index (χ1) is 10.2. The minimum absolute atomic E-state index is 0.475. The summed E-state index contributed by atoms with van der Waals surface area (Å²) < 4.78 is 5.32. The number of ether oxygens (including phenoxy) is 1. The Morgan fingerprint density at radius 3 is 2.90 bits per heavy atom. The average molecular weight is 307 g/mol. The summed E-state index contributed by atoms with van der Waals surface area (Å²) in [7, 11) is 1.72. The number of aryl methyl sites for hydroxylation is 1. The maximum Gasteiger partial charge on any atom is 0.119 e. The van der Waals surface area contributed by atoms with Gasteiger partial charge in [-0.1, -0.05) is 6.07 Å². The monoisotopic (exact) mass is 307 g/mol. The van der Waals surface area contributed by atoms with Crippen LogP contribution in [0.25, 0.3) is 0 Å². The lowest BCUT2D eigenvalue weighted by atomic mass is 9.87. The molecule has 2 N–H and O–H groups in total. The van der Waals surface area contributed by atoms with Crippen LogP contribution < -0.4 is 10.1 Å². The number of rotatable bonds is 4. The van der Waals surface area contributed by atoms with Crippen molar-refractivity contribution < 1.29 is 9.84 Å². The van der Waals surface area contributed by atoms with Gasteiger partial charge in [-0.05, 0) is 66.9 Å². The minimum atomic E-state index is -0.486. The van der Waals surface area contributed by atoms with Gasteiger partial charge < -0.3 is 15.2 Å². The summed E-state index contributed by atoms with van der Waals surface area (Å²) in [5, 5.41) is 14.2. The van der Waals surface area contributed by atoms with Crippen LogP contribution in [0.4, 0.5) is 0 Å². The first-order valence-electron chi connectivity index (χ1n) is 7.88. The molecule has 1 aromatic rings. The smallest absolute Gasteiger partial charge is 0.119 e. The SMILES string of the molecule is COc1ccc2c(c1)CC(NCC1(O)CCSCC1)CC2. The van der Waals surface area contributed by atoms with Gasteiger partial charge in [0, 0.05) is 12.6 Å². The predicted octanol–water partition coefficient (Wildman–Crippen LogP) is 2.40. The van der Waals surface area contributed by atoms with Gasteiger partial charge in [0.15, 0.2) is 0 Å². The van der Waals surface area contributed by atoms with Gasteiger partial charge >= 0.3 is 0 Å². The zero-order valence-electron chi connectivity index (χ0n) is 12.7. The number of hydrogen-bond donors (Lipinski definition) is 2. The Hall–Kier alpha value is -0.710. The van der Waals surface area contributed by atoms with Gasteiger partial charge in [-0.25, -0.2) is 0 Å². The lowest BCUT2D eigenvalue weighted by Crippen LogP contribution is -2.48. The minimum Gasteiger partial charge on any atom is -0.497 e. The summed E-state index contributed by atoms with van der Waals surface area (Å²) in [5.41, 5.74) is 2.35. The second-order valence-corrected chi connectivity index (χ2v) is 7.52. The van der Waals surface area contributed by atoms with Crippen LogP contribution in [0, 0.1) is 0 Å². The molecule has 1 unspecified atom stereocenters. The Kier molecular flexibility index (Phi) is 4.77. The first-order valence-corrected chi connectivity index (χ1v) is 9.03. The molecule has 0 amide bonds. The third-order valence-electron chi connectivity index (χ3n) is 4.79. The van der Waals surface area contributed by atoms with Crippen molar-refractivity contribution in [2.45, 2.75) is 43.7 Å². The topological polar surface area (TPSA) is 41.5 Å². The lowest BCUT2D eigenvalue weighted by molar-refractivity contribution is 0.0291. The van der Waals surface area contributed by atoms with Crippen molar-refractivity contribution in [2.24, 2.45) is 0 Å². The summed E-state index contributed by atoms with van der Waals surface area (Å²) in [4.78, 5) is 0. The molecule has 1 aliphatic carbocycles. The zero-order valence-corrected chi connectivity index (χ0v) is 13.5. The Morgan fingerprint density at radius 1 is 1.33 bits per heavy atom. The molecule has 2 aliphatic rings. The molecule has 4 heteroatoms. The van der Waals surface area contributed by atoms with E-state index in [0.29, 0.717) is 6.04 Å². The van der Waals surface area contributed by atoms with E-state index in [1.54, 1.807) is 7.11 Å². The molecular weight excluding hydrogens is 282 g/mol. The van der Waals surface area contributed by atoms with E-state index in [0.717, 1.165) is 55.9 Å². The molecule has 3 rings (SSSR count). The molecular formula is C17H25NO2S. The second-order valence-electron chi connectivity index (χ2n) is 6.29. The van der Waals surface area contributed by atoms with E-state index in [4.69, 9.17) is 4.74 Å². The molecule has 116 valence electrons. The molecule has 21 heavy (non-hydrogen) atoms. The molecule has 0 spiro atoms. The van der Waals surface area contributed by atoms with Crippen LogP contribution in [-0.4, -0.2) is 41.9 Å². The molecule has 1 aliphatic heterocycles. The Morgan fingerprint density at radius 2 is 2.14 bits per heavy atom. The molecule has 0 aromatic heterocycles. The fourth-order valence-electron chi connectivity index (χ4n) is 3.30. The normalized spacial score (nSPS) is 24.4. The highest BCUT2D eigenvalue weighted by Crippen LogP contribution is 2.28. The average Bonchev–Trinajstić information content (AvgIpc) is 2.53. The van der Waals surface area contributed by atoms with Gasteiger partial charge in [0.25, 0.3) is 0 Å². The third-order valence-corrected chi connectivity index (χ3v) is 5.77. The van der Waals surface area contributed by atoms with Crippen LogP contribution in [0.1, 0.15) is 30.4 Å². The van der Waals surface area contributed by atoms with E-state index in [-0.39, 0.29) is 0 Å². The van der Waals surface area contributed by atoms with E-state index in [1.807, 2.05) is 11.8 Å². The summed E-state index contributed by atoms with van der Waals surface area (Å²) in [6, 6.07) is 6.88. The van der Waals surface area contributed by atoms with Gasteiger partial charge in [-0.15, -0.1) is 0 Å². The van der Waals surface area contributed by atoms with Gasteiger partial charge in [0.2, 0.25) is 0 Å². The molecule has 0 bridgehead atoms. The molecule has 0 radical (unpaired) electrons. The molecule has 1 heterocycles. The summed E-state index contributed by atoms with van der Waals surface area (Å²) in [6.07, 6.45) is 5.15. The van der Waals surface area contributed by atoms with Crippen molar-refractivity contribution >= 4 is 11.8 Å². The molecule has 1 saturated heterocycles. The molecule has 1 aromatic carbocycles. The van der Waals surface area contributed by atoms with Gasteiger partial charge in [-0.2, -0.15) is 11.8 Å². The van der Waals surface area contributed by atoms with Crippen LogP contribution >= 0.6 is 11.8 Å². The van der Waals surface area contributed by atoms with Gasteiger partial charge in [-0.3, -0.25) is 0 Å². The maximum atomic E-state index is 10.6. The quantitative estimate of drug-likeness (QED) is 0.896. The van der Waals surface area contributed by atoms with E-state index in [2.05, 4.69) is 23.5 Å². The van der Waals surface area contributed by atoms with Crippen molar-refractivity contribution in [3.8, 4) is 5.75 Å². The highest BCUT2D eigenvalue weighted by Gasteiger charge is 2.30. The Balaban J connectivity index is 1.58. The molecule has 1 fully saturated rings. The third kappa shape index (κ3) is 3.74. The van der Waals surface area contributed by atoms with Crippen LogP contribution in [-0.2, 0) is 12.8 Å². The maximum absolute atomic E-state index is 10.6.